The average molecular weight is 326 g/mol. The summed E-state index contributed by atoms with van der Waals surface area (Å²) in [6.45, 7) is 4.16. The quantitative estimate of drug-likeness (QED) is 0.717. The Kier molecular flexibility index (Phi) is 7.38. The maximum Gasteiger partial charge on any atom is 0.319 e. The number of sulfone groups is 1. The predicted octanol–water partition coefficient (Wildman–Crippen LogP) is 3.57. The molecule has 1 aromatic carbocycles. The van der Waals surface area contributed by atoms with Crippen molar-refractivity contribution in [2.75, 3.05) is 11.6 Å². The second-order valence-corrected chi connectivity index (χ2v) is 7.66. The van der Waals surface area contributed by atoms with Crippen molar-refractivity contribution in [1.29, 1.82) is 0 Å². The standard InChI is InChI=1S/C16H26N2O3S/c1-4-5-6-7-8-13(2)17-16(19)18-14-9-11-15(12-10-14)22(3,20)21/h9-13H,4-8H2,1-3H3,(H2,17,18,19). The lowest BCUT2D eigenvalue weighted by Gasteiger charge is -2.14. The molecule has 0 spiro atoms. The van der Waals surface area contributed by atoms with Gasteiger partial charge < -0.3 is 10.6 Å². The Morgan fingerprint density at radius 1 is 1.14 bits per heavy atom. The number of urea groups is 1. The fourth-order valence-electron chi connectivity index (χ4n) is 2.13. The summed E-state index contributed by atoms with van der Waals surface area (Å²) < 4.78 is 22.7. The van der Waals surface area contributed by atoms with Crippen LogP contribution >= 0.6 is 0 Å². The van der Waals surface area contributed by atoms with Crippen LogP contribution in [0.2, 0.25) is 0 Å². The zero-order chi connectivity index (χ0) is 16.6. The molecule has 0 heterocycles. The van der Waals surface area contributed by atoms with E-state index in [0.717, 1.165) is 19.1 Å². The van der Waals surface area contributed by atoms with Gasteiger partial charge in [-0.15, -0.1) is 0 Å². The number of unbranched alkanes of at least 4 members (excludes halogenated alkanes) is 3. The van der Waals surface area contributed by atoms with Gasteiger partial charge >= 0.3 is 6.03 Å². The zero-order valence-corrected chi connectivity index (χ0v) is 14.4. The van der Waals surface area contributed by atoms with Gasteiger partial charge in [-0.25, -0.2) is 13.2 Å². The number of hydrogen-bond acceptors (Lipinski definition) is 3. The van der Waals surface area contributed by atoms with Crippen LogP contribution in [0.4, 0.5) is 10.5 Å². The van der Waals surface area contributed by atoms with E-state index in [9.17, 15) is 13.2 Å². The van der Waals surface area contributed by atoms with Crippen LogP contribution in [0.25, 0.3) is 0 Å². The highest BCUT2D eigenvalue weighted by atomic mass is 32.2. The van der Waals surface area contributed by atoms with E-state index in [0.29, 0.717) is 5.69 Å². The summed E-state index contributed by atoms with van der Waals surface area (Å²) in [6, 6.07) is 5.99. The van der Waals surface area contributed by atoms with Crippen LogP contribution < -0.4 is 10.6 Å². The minimum atomic E-state index is -3.21. The number of benzene rings is 1. The Balaban J connectivity index is 2.41. The van der Waals surface area contributed by atoms with E-state index in [1.807, 2.05) is 6.92 Å². The highest BCUT2D eigenvalue weighted by Crippen LogP contribution is 2.14. The molecule has 124 valence electrons. The number of carbonyl (C=O) groups excluding carboxylic acids is 1. The van der Waals surface area contributed by atoms with Crippen molar-refractivity contribution in [2.24, 2.45) is 0 Å². The van der Waals surface area contributed by atoms with E-state index < -0.39 is 9.84 Å². The first-order valence-corrected chi connectivity index (χ1v) is 9.59. The van der Waals surface area contributed by atoms with E-state index in [1.165, 1.54) is 31.4 Å². The van der Waals surface area contributed by atoms with Gasteiger partial charge in [-0.2, -0.15) is 0 Å². The van der Waals surface area contributed by atoms with Gasteiger partial charge in [0.25, 0.3) is 0 Å². The van der Waals surface area contributed by atoms with E-state index in [-0.39, 0.29) is 17.0 Å². The number of hydrogen-bond donors (Lipinski definition) is 2. The molecule has 0 fully saturated rings. The first-order chi connectivity index (χ1) is 10.3. The zero-order valence-electron chi connectivity index (χ0n) is 13.6. The lowest BCUT2D eigenvalue weighted by atomic mass is 10.1. The summed E-state index contributed by atoms with van der Waals surface area (Å²) in [5.41, 5.74) is 0.572. The lowest BCUT2D eigenvalue weighted by molar-refractivity contribution is 0.248. The lowest BCUT2D eigenvalue weighted by Crippen LogP contribution is -2.36. The van der Waals surface area contributed by atoms with Gasteiger partial charge in [-0.3, -0.25) is 0 Å². The van der Waals surface area contributed by atoms with E-state index in [2.05, 4.69) is 17.6 Å². The molecule has 0 aliphatic rings. The van der Waals surface area contributed by atoms with E-state index >= 15 is 0 Å². The second-order valence-electron chi connectivity index (χ2n) is 5.65. The number of carbonyl (C=O) groups is 1. The topological polar surface area (TPSA) is 75.3 Å². The summed E-state index contributed by atoms with van der Waals surface area (Å²) in [4.78, 5) is 12.1. The molecule has 0 aliphatic carbocycles. The molecule has 0 radical (unpaired) electrons. The monoisotopic (exact) mass is 326 g/mol. The third-order valence-electron chi connectivity index (χ3n) is 3.41. The van der Waals surface area contributed by atoms with Crippen molar-refractivity contribution in [3.05, 3.63) is 24.3 Å². The smallest absolute Gasteiger partial charge is 0.319 e. The predicted molar refractivity (Wildman–Crippen MR) is 89.9 cm³/mol. The molecule has 5 nitrogen and oxygen atoms in total. The maximum atomic E-state index is 11.9. The Morgan fingerprint density at radius 2 is 1.77 bits per heavy atom. The Labute approximate surface area is 133 Å². The third-order valence-corrected chi connectivity index (χ3v) is 4.54. The largest absolute Gasteiger partial charge is 0.335 e. The van der Waals surface area contributed by atoms with Crippen LogP contribution in [0.1, 0.15) is 46.0 Å². The van der Waals surface area contributed by atoms with Crippen molar-refractivity contribution >= 4 is 21.6 Å². The summed E-state index contributed by atoms with van der Waals surface area (Å²) in [5, 5.41) is 5.59. The second kappa shape index (κ2) is 8.78. The number of anilines is 1. The highest BCUT2D eigenvalue weighted by Gasteiger charge is 2.09. The maximum absolute atomic E-state index is 11.9. The SMILES string of the molecule is CCCCCCC(C)NC(=O)Nc1ccc(S(C)(=O)=O)cc1. The first kappa shape index (κ1) is 18.5. The Hall–Kier alpha value is -1.56. The summed E-state index contributed by atoms with van der Waals surface area (Å²) in [7, 11) is -3.21. The van der Waals surface area contributed by atoms with Crippen molar-refractivity contribution in [3.8, 4) is 0 Å². The van der Waals surface area contributed by atoms with Crippen LogP contribution in [0.3, 0.4) is 0 Å². The van der Waals surface area contributed by atoms with Gasteiger partial charge in [-0.05, 0) is 37.6 Å². The molecule has 0 saturated carbocycles. The van der Waals surface area contributed by atoms with Gasteiger partial charge in [0, 0.05) is 18.0 Å². The Morgan fingerprint density at radius 3 is 2.32 bits per heavy atom. The molecule has 6 heteroatoms. The molecule has 1 unspecified atom stereocenters. The molecule has 1 rings (SSSR count). The van der Waals surface area contributed by atoms with Crippen molar-refractivity contribution in [3.63, 3.8) is 0 Å². The molecule has 0 aliphatic heterocycles. The van der Waals surface area contributed by atoms with Crippen molar-refractivity contribution in [2.45, 2.75) is 56.9 Å². The number of nitrogens with one attached hydrogen (secondary N) is 2. The molecular formula is C16H26N2O3S. The third kappa shape index (κ3) is 6.93. The minimum absolute atomic E-state index is 0.118. The molecule has 2 amide bonds. The summed E-state index contributed by atoms with van der Waals surface area (Å²) in [6.07, 6.45) is 6.84. The van der Waals surface area contributed by atoms with Crippen molar-refractivity contribution in [1.82, 2.24) is 5.32 Å². The normalized spacial score (nSPS) is 12.7. The molecule has 1 aromatic rings. The number of rotatable bonds is 8. The van der Waals surface area contributed by atoms with Crippen LogP contribution in [0.15, 0.2) is 29.2 Å². The average Bonchev–Trinajstić information content (AvgIpc) is 2.43. The molecule has 2 N–H and O–H groups in total. The molecule has 22 heavy (non-hydrogen) atoms. The summed E-state index contributed by atoms with van der Waals surface area (Å²) >= 11 is 0. The van der Waals surface area contributed by atoms with Crippen LogP contribution in [-0.4, -0.2) is 26.7 Å². The molecule has 1 atom stereocenters. The Bertz CT molecular complexity index is 568. The van der Waals surface area contributed by atoms with Gasteiger partial charge in [0.05, 0.1) is 4.90 Å². The summed E-state index contributed by atoms with van der Waals surface area (Å²) in [5.74, 6) is 0. The van der Waals surface area contributed by atoms with E-state index in [1.54, 1.807) is 12.1 Å². The van der Waals surface area contributed by atoms with Gasteiger partial charge in [0.2, 0.25) is 0 Å². The highest BCUT2D eigenvalue weighted by molar-refractivity contribution is 7.90. The first-order valence-electron chi connectivity index (χ1n) is 7.70. The molecule has 0 saturated heterocycles. The fourth-order valence-corrected chi connectivity index (χ4v) is 2.76. The molecule has 0 bridgehead atoms. The van der Waals surface area contributed by atoms with Crippen LogP contribution in [-0.2, 0) is 9.84 Å². The van der Waals surface area contributed by atoms with Gasteiger partial charge in [-0.1, -0.05) is 32.6 Å². The molecular weight excluding hydrogens is 300 g/mol. The number of amides is 2. The molecule has 0 aromatic heterocycles. The van der Waals surface area contributed by atoms with Gasteiger partial charge in [0.1, 0.15) is 0 Å². The van der Waals surface area contributed by atoms with Gasteiger partial charge in [0.15, 0.2) is 9.84 Å². The fraction of sp³-hybridized carbons (Fsp3) is 0.562. The van der Waals surface area contributed by atoms with Crippen LogP contribution in [0.5, 0.6) is 0 Å². The van der Waals surface area contributed by atoms with E-state index in [4.69, 9.17) is 0 Å². The van der Waals surface area contributed by atoms with Crippen LogP contribution in [0, 0.1) is 0 Å². The van der Waals surface area contributed by atoms with Crippen molar-refractivity contribution < 1.29 is 13.2 Å². The minimum Gasteiger partial charge on any atom is -0.335 e.